The van der Waals surface area contributed by atoms with E-state index in [0.29, 0.717) is 25.7 Å². The zero-order valence-corrected chi connectivity index (χ0v) is 48.9. The highest BCUT2D eigenvalue weighted by molar-refractivity contribution is 6.06. The van der Waals surface area contributed by atoms with Gasteiger partial charge in [-0.05, 0) is 43.4 Å². The van der Waals surface area contributed by atoms with Crippen LogP contribution in [-0.2, 0) is 23.9 Å². The van der Waals surface area contributed by atoms with Crippen molar-refractivity contribution < 1.29 is 39.2 Å². The second-order valence-electron chi connectivity index (χ2n) is 24.1. The number of carbonyl (C=O) groups is 4. The van der Waals surface area contributed by atoms with Crippen LogP contribution >= 0.6 is 0 Å². The molecular formula is C64H122O8. The number of hydrogen-bond acceptors (Lipinski definition) is 5. The molecule has 0 spiro atoms. The minimum atomic E-state index is -2.73. The molecule has 0 fully saturated rings. The number of ether oxygens (including phenoxy) is 1. The molecule has 0 aromatic heterocycles. The Morgan fingerprint density at radius 2 is 0.611 bits per heavy atom. The molecule has 72 heavy (non-hydrogen) atoms. The molecule has 0 amide bonds. The van der Waals surface area contributed by atoms with Crippen LogP contribution in [0.15, 0.2) is 0 Å². The van der Waals surface area contributed by atoms with Gasteiger partial charge in [-0.3, -0.25) is 14.4 Å². The summed E-state index contributed by atoms with van der Waals surface area (Å²) in [6.07, 6.45) is 47.8. The molecule has 0 aliphatic heterocycles. The number of hydrogen-bond donors (Lipinski definition) is 3. The molecule has 0 aromatic rings. The highest BCUT2D eigenvalue weighted by atomic mass is 16.5. The summed E-state index contributed by atoms with van der Waals surface area (Å²) in [6, 6.07) is 0. The number of Topliss-reactive ketones (excluding diaryl/α,β-unsaturated/α-hetero) is 1. The van der Waals surface area contributed by atoms with Gasteiger partial charge in [-0.1, -0.05) is 312 Å². The first-order chi connectivity index (χ1) is 34.7. The van der Waals surface area contributed by atoms with Crippen LogP contribution in [0.4, 0.5) is 0 Å². The minimum absolute atomic E-state index is 0.0369. The van der Waals surface area contributed by atoms with Crippen molar-refractivity contribution in [1.82, 2.24) is 0 Å². The summed E-state index contributed by atoms with van der Waals surface area (Å²) in [7, 11) is 0. The van der Waals surface area contributed by atoms with E-state index in [0.717, 1.165) is 94.8 Å². The fourth-order valence-electron chi connectivity index (χ4n) is 11.4. The number of aliphatic carboxylic acids is 3. The molecule has 8 heteroatoms. The Kier molecular flexibility index (Phi) is 46.2. The monoisotopic (exact) mass is 1020 g/mol. The highest BCUT2D eigenvalue weighted by Gasteiger charge is 2.69. The van der Waals surface area contributed by atoms with E-state index in [4.69, 9.17) is 4.74 Å². The highest BCUT2D eigenvalue weighted by Crippen LogP contribution is 2.50. The Hall–Kier alpha value is -1.96. The van der Waals surface area contributed by atoms with E-state index in [1.165, 1.54) is 173 Å². The maximum atomic E-state index is 14.0. The molecule has 2 unspecified atom stereocenters. The van der Waals surface area contributed by atoms with E-state index in [1.807, 2.05) is 0 Å². The van der Waals surface area contributed by atoms with Gasteiger partial charge in [-0.15, -0.1) is 0 Å². The largest absolute Gasteiger partial charge is 0.481 e. The van der Waals surface area contributed by atoms with Crippen LogP contribution in [0.5, 0.6) is 0 Å². The van der Waals surface area contributed by atoms with Gasteiger partial charge in [0.25, 0.3) is 0 Å². The molecule has 0 saturated heterocycles. The number of carboxylic acids is 3. The molecule has 0 rings (SSSR count). The van der Waals surface area contributed by atoms with Gasteiger partial charge >= 0.3 is 17.9 Å². The molecule has 0 radical (unpaired) electrons. The zero-order chi connectivity index (χ0) is 53.6. The average molecular weight is 1020 g/mol. The third-order valence-electron chi connectivity index (χ3n) is 15.9. The predicted octanol–water partition coefficient (Wildman–Crippen LogP) is 20.1. The number of ketones is 1. The van der Waals surface area contributed by atoms with E-state index in [2.05, 4.69) is 41.5 Å². The Balaban J connectivity index is 5.74. The standard InChI is InChI=1S/C64H122O8/c1-8-48-58(65)59(60(66)67)64(62(70)71,72-54-47-41-35-29-23-17-11-14-20-26-32-38-44-51-57(6)7)63(61(68)69,52-45-39-33-27-21-15-9-12-18-24-30-36-42-49-55(2)3)53-46-40-34-28-22-16-10-13-19-25-31-37-43-50-56(4)5/h55-57,59H,8-54H2,1-7H3,(H,66,67)(H,68,69)(H,70,71). The molecule has 3 N–H and O–H groups in total. The molecule has 2 atom stereocenters. The van der Waals surface area contributed by atoms with Crippen molar-refractivity contribution in [2.45, 2.75) is 349 Å². The topological polar surface area (TPSA) is 138 Å². The van der Waals surface area contributed by atoms with E-state index in [-0.39, 0.29) is 25.9 Å². The number of carboxylic acid groups (broad SMARTS) is 3. The van der Waals surface area contributed by atoms with E-state index < -0.39 is 40.6 Å². The SMILES string of the molecule is CCCC(=O)C(C(=O)O)C(OCCCCCCCCCCCCCCCC(C)C)(C(=O)O)C(CCCCCCCCCCCCCCCC(C)C)(CCCCCCCCCCCCCCCC(C)C)C(=O)O. The predicted molar refractivity (Wildman–Crippen MR) is 305 cm³/mol. The van der Waals surface area contributed by atoms with Gasteiger partial charge in [-0.25, -0.2) is 4.79 Å². The van der Waals surface area contributed by atoms with E-state index >= 15 is 0 Å². The lowest BCUT2D eigenvalue weighted by Gasteiger charge is -2.47. The van der Waals surface area contributed by atoms with Gasteiger partial charge in [0.05, 0.1) is 0 Å². The van der Waals surface area contributed by atoms with Crippen LogP contribution in [0.25, 0.3) is 0 Å². The van der Waals surface area contributed by atoms with E-state index in [1.54, 1.807) is 6.92 Å². The Morgan fingerprint density at radius 1 is 0.361 bits per heavy atom. The second-order valence-corrected chi connectivity index (χ2v) is 24.1. The van der Waals surface area contributed by atoms with Gasteiger partial charge in [0, 0.05) is 13.0 Å². The maximum Gasteiger partial charge on any atom is 0.338 e. The molecule has 0 bridgehead atoms. The van der Waals surface area contributed by atoms with Gasteiger partial charge in [0.15, 0.2) is 11.7 Å². The first kappa shape index (κ1) is 70.0. The van der Waals surface area contributed by atoms with Crippen molar-refractivity contribution in [1.29, 1.82) is 0 Å². The lowest BCUT2D eigenvalue weighted by Crippen LogP contribution is -2.67. The van der Waals surface area contributed by atoms with Crippen molar-refractivity contribution in [3.8, 4) is 0 Å². The number of unbranched alkanes of at least 4 members (excludes halogenated alkanes) is 36. The van der Waals surface area contributed by atoms with Gasteiger partial charge < -0.3 is 20.1 Å². The normalized spacial score (nSPS) is 13.4. The summed E-state index contributed by atoms with van der Waals surface area (Å²) in [5.74, 6) is -5.10. The van der Waals surface area contributed by atoms with Crippen LogP contribution in [0.3, 0.4) is 0 Å². The van der Waals surface area contributed by atoms with Crippen LogP contribution in [-0.4, -0.2) is 51.2 Å². The number of rotatable bonds is 57. The quantitative estimate of drug-likeness (QED) is 0.0404. The molecule has 0 aliphatic rings. The molecular weight excluding hydrogens is 897 g/mol. The Morgan fingerprint density at radius 3 is 0.833 bits per heavy atom. The lowest BCUT2D eigenvalue weighted by atomic mass is 9.59. The van der Waals surface area contributed by atoms with Crippen molar-refractivity contribution in [3.63, 3.8) is 0 Å². The molecule has 426 valence electrons. The van der Waals surface area contributed by atoms with Crippen molar-refractivity contribution >= 4 is 23.7 Å². The van der Waals surface area contributed by atoms with Crippen LogP contribution in [0.2, 0.25) is 0 Å². The van der Waals surface area contributed by atoms with E-state index in [9.17, 15) is 34.5 Å². The minimum Gasteiger partial charge on any atom is -0.481 e. The van der Waals surface area contributed by atoms with Gasteiger partial charge in [-0.2, -0.15) is 0 Å². The summed E-state index contributed by atoms with van der Waals surface area (Å²) < 4.78 is 6.40. The lowest BCUT2D eigenvalue weighted by molar-refractivity contribution is -0.219. The van der Waals surface area contributed by atoms with Crippen molar-refractivity contribution in [2.75, 3.05) is 6.61 Å². The summed E-state index contributed by atoms with van der Waals surface area (Å²) in [5, 5.41) is 33.6. The van der Waals surface area contributed by atoms with Gasteiger partial charge in [0.1, 0.15) is 5.41 Å². The first-order valence-electron chi connectivity index (χ1n) is 31.6. The zero-order valence-electron chi connectivity index (χ0n) is 48.9. The van der Waals surface area contributed by atoms with Crippen LogP contribution in [0, 0.1) is 29.1 Å². The number of carbonyl (C=O) groups excluding carboxylic acids is 1. The Labute approximate surface area is 446 Å². The Bertz CT molecular complexity index is 1240. The average Bonchev–Trinajstić information content (AvgIpc) is 3.32. The summed E-state index contributed by atoms with van der Waals surface area (Å²) in [4.78, 5) is 55.2. The summed E-state index contributed by atoms with van der Waals surface area (Å²) in [5.41, 5.74) is -4.81. The molecule has 0 aromatic carbocycles. The molecule has 0 aliphatic carbocycles. The van der Waals surface area contributed by atoms with Crippen molar-refractivity contribution in [3.05, 3.63) is 0 Å². The summed E-state index contributed by atoms with van der Waals surface area (Å²) in [6.45, 7) is 15.4. The summed E-state index contributed by atoms with van der Waals surface area (Å²) >= 11 is 0. The second kappa shape index (κ2) is 47.5. The third-order valence-corrected chi connectivity index (χ3v) is 15.9. The molecule has 0 saturated carbocycles. The van der Waals surface area contributed by atoms with Gasteiger partial charge in [0.2, 0.25) is 5.60 Å². The van der Waals surface area contributed by atoms with Crippen molar-refractivity contribution in [2.24, 2.45) is 29.1 Å². The first-order valence-corrected chi connectivity index (χ1v) is 31.6. The smallest absolute Gasteiger partial charge is 0.338 e. The molecule has 0 heterocycles. The maximum absolute atomic E-state index is 14.0. The fourth-order valence-corrected chi connectivity index (χ4v) is 11.4. The van der Waals surface area contributed by atoms with Crippen LogP contribution in [0.1, 0.15) is 344 Å². The fraction of sp³-hybridized carbons (Fsp3) is 0.938. The third kappa shape index (κ3) is 34.6. The molecule has 8 nitrogen and oxygen atoms in total. The van der Waals surface area contributed by atoms with Crippen LogP contribution < -0.4 is 0 Å².